The molecule has 1 aliphatic rings. The van der Waals surface area contributed by atoms with Gasteiger partial charge in [0.15, 0.2) is 5.90 Å². The number of hydrogen-bond acceptors (Lipinski definition) is 7. The standard InChI is InChI=1S/C27H27N5O2/c1-16-11-21(7-10-25(16)34-22-8-5-17(2)28-14-22)32-27-23-12-20(6-9-24(23)29-15-30-27)13-26-31-18(3)19(4)33-26/h5-12,14-15,18-19H,13H2,1-4H3,(H,29,30,32)/t18-,19+/m1/s1. The summed E-state index contributed by atoms with van der Waals surface area (Å²) < 4.78 is 11.9. The maximum absolute atomic E-state index is 5.99. The van der Waals surface area contributed by atoms with Gasteiger partial charge in [-0.05, 0) is 81.3 Å². The first-order valence-electron chi connectivity index (χ1n) is 11.4. The third-order valence-electron chi connectivity index (χ3n) is 5.95. The van der Waals surface area contributed by atoms with Crippen LogP contribution in [0.4, 0.5) is 11.5 Å². The molecule has 34 heavy (non-hydrogen) atoms. The zero-order chi connectivity index (χ0) is 23.7. The number of aryl methyl sites for hydroxylation is 2. The van der Waals surface area contributed by atoms with Crippen molar-refractivity contribution in [3.8, 4) is 11.5 Å². The number of ether oxygens (including phenoxy) is 2. The number of aliphatic imine (C=N–C) groups is 1. The monoisotopic (exact) mass is 453 g/mol. The highest BCUT2D eigenvalue weighted by molar-refractivity contribution is 5.92. The molecule has 2 aromatic carbocycles. The number of benzene rings is 2. The number of aromatic nitrogens is 3. The van der Waals surface area contributed by atoms with Crippen molar-refractivity contribution in [2.45, 2.75) is 46.3 Å². The fourth-order valence-electron chi connectivity index (χ4n) is 3.87. The molecule has 2 aromatic heterocycles. The van der Waals surface area contributed by atoms with Crippen molar-refractivity contribution < 1.29 is 9.47 Å². The number of anilines is 2. The van der Waals surface area contributed by atoms with E-state index < -0.39 is 0 Å². The summed E-state index contributed by atoms with van der Waals surface area (Å²) in [5.74, 6) is 3.02. The second-order valence-electron chi connectivity index (χ2n) is 8.68. The fourth-order valence-corrected chi connectivity index (χ4v) is 3.87. The Morgan fingerprint density at radius 2 is 1.85 bits per heavy atom. The van der Waals surface area contributed by atoms with Gasteiger partial charge in [-0.2, -0.15) is 0 Å². The number of hydrogen-bond donors (Lipinski definition) is 1. The topological polar surface area (TPSA) is 81.5 Å². The summed E-state index contributed by atoms with van der Waals surface area (Å²) in [5.41, 5.74) is 4.86. The van der Waals surface area contributed by atoms with Gasteiger partial charge in [-0.1, -0.05) is 6.07 Å². The van der Waals surface area contributed by atoms with Gasteiger partial charge in [0.25, 0.3) is 0 Å². The molecular weight excluding hydrogens is 426 g/mol. The van der Waals surface area contributed by atoms with Crippen molar-refractivity contribution in [3.63, 3.8) is 0 Å². The number of rotatable bonds is 6. The number of fused-ring (bicyclic) bond motifs is 1. The second-order valence-corrected chi connectivity index (χ2v) is 8.68. The summed E-state index contributed by atoms with van der Waals surface area (Å²) in [5, 5.41) is 4.39. The molecule has 0 saturated heterocycles. The molecule has 1 aliphatic heterocycles. The van der Waals surface area contributed by atoms with Crippen LogP contribution in [0.25, 0.3) is 10.9 Å². The Morgan fingerprint density at radius 3 is 2.59 bits per heavy atom. The number of nitrogens with zero attached hydrogens (tertiary/aromatic N) is 4. The van der Waals surface area contributed by atoms with E-state index in [0.717, 1.165) is 50.9 Å². The van der Waals surface area contributed by atoms with Gasteiger partial charge in [-0.3, -0.25) is 4.98 Å². The lowest BCUT2D eigenvalue weighted by atomic mass is 10.1. The Hall–Kier alpha value is -4.00. The van der Waals surface area contributed by atoms with E-state index in [9.17, 15) is 0 Å². The minimum atomic E-state index is 0.119. The van der Waals surface area contributed by atoms with Gasteiger partial charge in [0.05, 0.1) is 17.8 Å². The van der Waals surface area contributed by atoms with Crippen molar-refractivity contribution >= 4 is 28.3 Å². The van der Waals surface area contributed by atoms with Crippen molar-refractivity contribution in [2.75, 3.05) is 5.32 Å². The van der Waals surface area contributed by atoms with Crippen LogP contribution >= 0.6 is 0 Å². The molecule has 0 bridgehead atoms. The molecule has 2 atom stereocenters. The summed E-state index contributed by atoms with van der Waals surface area (Å²) in [4.78, 5) is 17.8. The number of pyridine rings is 1. The first kappa shape index (κ1) is 21.8. The highest BCUT2D eigenvalue weighted by Gasteiger charge is 2.23. The Labute approximate surface area is 198 Å². The predicted octanol–water partition coefficient (Wildman–Crippen LogP) is 5.93. The SMILES string of the molecule is Cc1ccc(Oc2ccc(Nc3ncnc4ccc(CC5=N[C@H](C)[C@H](C)O5)cc34)cc2C)cn1. The summed E-state index contributed by atoms with van der Waals surface area (Å²) in [6.45, 7) is 8.09. The van der Waals surface area contributed by atoms with Crippen molar-refractivity contribution in [3.05, 3.63) is 77.9 Å². The third kappa shape index (κ3) is 4.69. The first-order chi connectivity index (χ1) is 16.4. The van der Waals surface area contributed by atoms with Gasteiger partial charge in [0.1, 0.15) is 29.7 Å². The van der Waals surface area contributed by atoms with Gasteiger partial charge in [0.2, 0.25) is 0 Å². The van der Waals surface area contributed by atoms with Crippen molar-refractivity contribution in [1.82, 2.24) is 15.0 Å². The van der Waals surface area contributed by atoms with Crippen LogP contribution in [0.15, 0.2) is 66.0 Å². The van der Waals surface area contributed by atoms with Crippen LogP contribution in [0, 0.1) is 13.8 Å². The molecule has 5 rings (SSSR count). The van der Waals surface area contributed by atoms with Crippen LogP contribution in [0.3, 0.4) is 0 Å². The average Bonchev–Trinajstić information content (AvgIpc) is 3.14. The first-order valence-corrected chi connectivity index (χ1v) is 11.4. The molecule has 7 heteroatoms. The van der Waals surface area contributed by atoms with Crippen LogP contribution in [-0.4, -0.2) is 33.0 Å². The molecule has 0 fully saturated rings. The Morgan fingerprint density at radius 1 is 0.971 bits per heavy atom. The van der Waals surface area contributed by atoms with E-state index in [1.165, 1.54) is 0 Å². The molecule has 1 N–H and O–H groups in total. The second kappa shape index (κ2) is 9.09. The third-order valence-corrected chi connectivity index (χ3v) is 5.95. The van der Waals surface area contributed by atoms with E-state index in [1.807, 2.05) is 57.2 Å². The lowest BCUT2D eigenvalue weighted by Crippen LogP contribution is -2.15. The molecular formula is C27H27N5O2. The fraction of sp³-hybridized carbons (Fsp3) is 0.259. The maximum Gasteiger partial charge on any atom is 0.188 e. The molecule has 0 unspecified atom stereocenters. The molecule has 0 saturated carbocycles. The Kier molecular flexibility index (Phi) is 5.84. The zero-order valence-electron chi connectivity index (χ0n) is 19.7. The molecule has 7 nitrogen and oxygen atoms in total. The van der Waals surface area contributed by atoms with Gasteiger partial charge in [0, 0.05) is 23.2 Å². The molecule has 0 aliphatic carbocycles. The summed E-state index contributed by atoms with van der Waals surface area (Å²) in [6.07, 6.45) is 4.08. The van der Waals surface area contributed by atoms with E-state index in [-0.39, 0.29) is 12.1 Å². The Balaban J connectivity index is 1.37. The summed E-state index contributed by atoms with van der Waals surface area (Å²) in [6, 6.07) is 16.2. The minimum Gasteiger partial charge on any atom is -0.475 e. The lowest BCUT2D eigenvalue weighted by Gasteiger charge is -2.13. The molecule has 172 valence electrons. The van der Waals surface area contributed by atoms with Gasteiger partial charge < -0.3 is 14.8 Å². The molecule has 3 heterocycles. The van der Waals surface area contributed by atoms with Crippen molar-refractivity contribution in [1.29, 1.82) is 0 Å². The summed E-state index contributed by atoms with van der Waals surface area (Å²) >= 11 is 0. The highest BCUT2D eigenvalue weighted by atomic mass is 16.5. The van der Waals surface area contributed by atoms with Crippen LogP contribution in [0.1, 0.15) is 30.7 Å². The van der Waals surface area contributed by atoms with Crippen LogP contribution in [-0.2, 0) is 11.2 Å². The smallest absolute Gasteiger partial charge is 0.188 e. The van der Waals surface area contributed by atoms with Gasteiger partial charge in [-0.25, -0.2) is 15.0 Å². The van der Waals surface area contributed by atoms with Crippen LogP contribution in [0.2, 0.25) is 0 Å². The van der Waals surface area contributed by atoms with E-state index in [1.54, 1.807) is 12.5 Å². The molecule has 0 radical (unpaired) electrons. The summed E-state index contributed by atoms with van der Waals surface area (Å²) in [7, 11) is 0. The normalized spacial score (nSPS) is 17.4. The minimum absolute atomic E-state index is 0.119. The zero-order valence-corrected chi connectivity index (χ0v) is 19.7. The van der Waals surface area contributed by atoms with Gasteiger partial charge in [-0.15, -0.1) is 0 Å². The van der Waals surface area contributed by atoms with Gasteiger partial charge >= 0.3 is 0 Å². The molecule has 0 amide bonds. The van der Waals surface area contributed by atoms with Crippen molar-refractivity contribution in [2.24, 2.45) is 4.99 Å². The van der Waals surface area contributed by atoms with E-state index in [2.05, 4.69) is 44.3 Å². The molecule has 4 aromatic rings. The van der Waals surface area contributed by atoms with E-state index in [0.29, 0.717) is 12.2 Å². The van der Waals surface area contributed by atoms with E-state index in [4.69, 9.17) is 9.47 Å². The molecule has 0 spiro atoms. The number of nitrogens with one attached hydrogen (secondary N) is 1. The van der Waals surface area contributed by atoms with Crippen LogP contribution in [0.5, 0.6) is 11.5 Å². The lowest BCUT2D eigenvalue weighted by molar-refractivity contribution is 0.214. The quantitative estimate of drug-likeness (QED) is 0.390. The predicted molar refractivity (Wildman–Crippen MR) is 134 cm³/mol. The Bertz CT molecular complexity index is 1370. The largest absolute Gasteiger partial charge is 0.475 e. The van der Waals surface area contributed by atoms with Crippen LogP contribution < -0.4 is 10.1 Å². The maximum atomic E-state index is 5.99. The van der Waals surface area contributed by atoms with E-state index >= 15 is 0 Å². The highest BCUT2D eigenvalue weighted by Crippen LogP contribution is 2.30. The average molecular weight is 454 g/mol.